The average molecular weight is 334 g/mol. The highest BCUT2D eigenvalue weighted by Crippen LogP contribution is 2.23. The first kappa shape index (κ1) is 17.0. The van der Waals surface area contributed by atoms with Gasteiger partial charge in [-0.25, -0.2) is 9.97 Å². The van der Waals surface area contributed by atoms with E-state index < -0.39 is 0 Å². The van der Waals surface area contributed by atoms with Gasteiger partial charge in [-0.2, -0.15) is 0 Å². The van der Waals surface area contributed by atoms with Crippen molar-refractivity contribution in [1.29, 1.82) is 0 Å². The molecule has 0 aliphatic rings. The number of carbonyl (C=O) groups is 1. The topological polar surface area (TPSA) is 92.9 Å². The van der Waals surface area contributed by atoms with Gasteiger partial charge in [0.2, 0.25) is 5.91 Å². The first-order valence-electron chi connectivity index (χ1n) is 7.34. The van der Waals surface area contributed by atoms with Crippen LogP contribution in [-0.2, 0) is 11.3 Å². The minimum absolute atomic E-state index is 0.0109. The van der Waals surface area contributed by atoms with Crippen LogP contribution in [0.4, 0.5) is 17.3 Å². The van der Waals surface area contributed by atoms with Crippen LogP contribution < -0.4 is 16.4 Å². The molecule has 0 saturated carbocycles. The lowest BCUT2D eigenvalue weighted by atomic mass is 10.1. The van der Waals surface area contributed by atoms with E-state index in [1.165, 1.54) is 6.33 Å². The highest BCUT2D eigenvalue weighted by molar-refractivity contribution is 6.35. The number of aromatic nitrogens is 2. The summed E-state index contributed by atoms with van der Waals surface area (Å²) in [5.74, 6) is 1.05. The second kappa shape index (κ2) is 7.78. The molecule has 0 aliphatic heterocycles. The normalized spacial score (nSPS) is 10.6. The number of amides is 1. The summed E-state index contributed by atoms with van der Waals surface area (Å²) in [4.78, 5) is 19.7. The van der Waals surface area contributed by atoms with Crippen LogP contribution in [0.1, 0.15) is 25.8 Å². The highest BCUT2D eigenvalue weighted by atomic mass is 35.5. The van der Waals surface area contributed by atoms with Gasteiger partial charge in [0.25, 0.3) is 0 Å². The third-order valence-corrected chi connectivity index (χ3v) is 3.45. The number of nitrogens with one attached hydrogen (secondary N) is 2. The lowest BCUT2D eigenvalue weighted by Gasteiger charge is -2.11. The Bertz CT molecular complexity index is 690. The molecular formula is C16H20ClN5O. The number of carbonyl (C=O) groups excluding carboxylic acids is 1. The van der Waals surface area contributed by atoms with Crippen LogP contribution in [0.2, 0.25) is 5.02 Å². The van der Waals surface area contributed by atoms with Gasteiger partial charge in [-0.3, -0.25) is 4.79 Å². The summed E-state index contributed by atoms with van der Waals surface area (Å²) < 4.78 is 0. The van der Waals surface area contributed by atoms with Crippen molar-refractivity contribution in [1.82, 2.24) is 9.97 Å². The molecule has 2 rings (SSSR count). The summed E-state index contributed by atoms with van der Waals surface area (Å²) in [5, 5.41) is 6.30. The number of hydrogen-bond donors (Lipinski definition) is 3. The SMILES string of the molecule is CC(C)CC(=O)Nc1cccc(CNc2ncnc(N)c2Cl)c1. The Labute approximate surface area is 140 Å². The zero-order chi connectivity index (χ0) is 16.8. The molecule has 0 spiro atoms. The molecule has 1 amide bonds. The molecule has 0 bridgehead atoms. The quantitative estimate of drug-likeness (QED) is 0.754. The number of nitrogens with zero attached hydrogens (tertiary/aromatic N) is 2. The van der Waals surface area contributed by atoms with Crippen molar-refractivity contribution in [2.24, 2.45) is 5.92 Å². The third kappa shape index (κ3) is 5.10. The van der Waals surface area contributed by atoms with Crippen molar-refractivity contribution in [2.45, 2.75) is 26.8 Å². The number of benzene rings is 1. The van der Waals surface area contributed by atoms with E-state index in [1.54, 1.807) is 0 Å². The van der Waals surface area contributed by atoms with E-state index in [4.69, 9.17) is 17.3 Å². The maximum absolute atomic E-state index is 11.8. The molecule has 7 heteroatoms. The van der Waals surface area contributed by atoms with Gasteiger partial charge in [0.05, 0.1) is 0 Å². The van der Waals surface area contributed by atoms with E-state index in [2.05, 4.69) is 20.6 Å². The van der Waals surface area contributed by atoms with Crippen molar-refractivity contribution in [3.05, 3.63) is 41.2 Å². The fourth-order valence-electron chi connectivity index (χ4n) is 2.03. The van der Waals surface area contributed by atoms with E-state index in [1.807, 2.05) is 38.1 Å². The molecular weight excluding hydrogens is 314 g/mol. The molecule has 0 aliphatic carbocycles. The minimum atomic E-state index is 0.0109. The second-order valence-corrected chi connectivity index (χ2v) is 6.00. The maximum Gasteiger partial charge on any atom is 0.224 e. The molecule has 0 unspecified atom stereocenters. The first-order valence-corrected chi connectivity index (χ1v) is 7.72. The number of hydrogen-bond acceptors (Lipinski definition) is 5. The van der Waals surface area contributed by atoms with E-state index in [-0.39, 0.29) is 11.7 Å². The molecule has 0 atom stereocenters. The highest BCUT2D eigenvalue weighted by Gasteiger charge is 2.07. The molecule has 0 saturated heterocycles. The number of anilines is 3. The fraction of sp³-hybridized carbons (Fsp3) is 0.312. The van der Waals surface area contributed by atoms with Gasteiger partial charge in [-0.05, 0) is 23.6 Å². The van der Waals surface area contributed by atoms with Crippen LogP contribution in [0.3, 0.4) is 0 Å². The molecule has 4 N–H and O–H groups in total. The van der Waals surface area contributed by atoms with E-state index in [0.717, 1.165) is 11.3 Å². The molecule has 0 fully saturated rings. The van der Waals surface area contributed by atoms with Crippen molar-refractivity contribution < 1.29 is 4.79 Å². The summed E-state index contributed by atoms with van der Waals surface area (Å²) in [7, 11) is 0. The summed E-state index contributed by atoms with van der Waals surface area (Å²) in [5.41, 5.74) is 7.39. The van der Waals surface area contributed by atoms with Gasteiger partial charge >= 0.3 is 0 Å². The van der Waals surface area contributed by atoms with Gasteiger partial charge in [0.1, 0.15) is 17.2 Å². The van der Waals surface area contributed by atoms with Gasteiger partial charge in [0.15, 0.2) is 5.82 Å². The van der Waals surface area contributed by atoms with Crippen LogP contribution in [0.5, 0.6) is 0 Å². The molecule has 1 aromatic carbocycles. The standard InChI is InChI=1S/C16H20ClN5O/c1-10(2)6-13(23)22-12-5-3-4-11(7-12)8-19-16-14(17)15(18)20-9-21-16/h3-5,7,9-10H,6,8H2,1-2H3,(H,22,23)(H3,18,19,20,21). The van der Waals surface area contributed by atoms with Crippen molar-refractivity contribution in [2.75, 3.05) is 16.4 Å². The summed E-state index contributed by atoms with van der Waals surface area (Å²) >= 11 is 6.04. The lowest BCUT2D eigenvalue weighted by molar-refractivity contribution is -0.116. The Morgan fingerprint density at radius 3 is 2.87 bits per heavy atom. The number of rotatable bonds is 6. The first-order chi connectivity index (χ1) is 11.0. The third-order valence-electron chi connectivity index (χ3n) is 3.08. The van der Waals surface area contributed by atoms with Crippen LogP contribution in [0.15, 0.2) is 30.6 Å². The van der Waals surface area contributed by atoms with Gasteiger partial charge in [-0.1, -0.05) is 37.6 Å². The Morgan fingerprint density at radius 2 is 2.13 bits per heavy atom. The molecule has 6 nitrogen and oxygen atoms in total. The second-order valence-electron chi connectivity index (χ2n) is 5.62. The van der Waals surface area contributed by atoms with Crippen LogP contribution in [-0.4, -0.2) is 15.9 Å². The Morgan fingerprint density at radius 1 is 1.35 bits per heavy atom. The summed E-state index contributed by atoms with van der Waals surface area (Å²) in [6.07, 6.45) is 1.85. The van der Waals surface area contributed by atoms with Gasteiger partial charge < -0.3 is 16.4 Å². The molecule has 122 valence electrons. The van der Waals surface area contributed by atoms with Crippen LogP contribution in [0, 0.1) is 5.92 Å². The lowest BCUT2D eigenvalue weighted by Crippen LogP contribution is -2.14. The number of nitrogen functional groups attached to an aromatic ring is 1. The van der Waals surface area contributed by atoms with Crippen LogP contribution >= 0.6 is 11.6 Å². The van der Waals surface area contributed by atoms with E-state index >= 15 is 0 Å². The smallest absolute Gasteiger partial charge is 0.224 e. The largest absolute Gasteiger partial charge is 0.382 e. The summed E-state index contributed by atoms with van der Waals surface area (Å²) in [6.45, 7) is 4.53. The Hall–Kier alpha value is -2.34. The molecule has 1 aromatic heterocycles. The van der Waals surface area contributed by atoms with Gasteiger partial charge in [0, 0.05) is 18.7 Å². The minimum Gasteiger partial charge on any atom is -0.382 e. The van der Waals surface area contributed by atoms with Gasteiger partial charge in [-0.15, -0.1) is 0 Å². The van der Waals surface area contributed by atoms with E-state index in [0.29, 0.717) is 29.7 Å². The predicted molar refractivity (Wildman–Crippen MR) is 93.3 cm³/mol. The number of nitrogens with two attached hydrogens (primary N) is 1. The van der Waals surface area contributed by atoms with Crippen molar-refractivity contribution >= 4 is 34.8 Å². The summed E-state index contributed by atoms with van der Waals surface area (Å²) in [6, 6.07) is 7.60. The molecule has 23 heavy (non-hydrogen) atoms. The molecule has 0 radical (unpaired) electrons. The van der Waals surface area contributed by atoms with E-state index in [9.17, 15) is 4.79 Å². The number of halogens is 1. The average Bonchev–Trinajstić information content (AvgIpc) is 2.48. The predicted octanol–water partition coefficient (Wildman–Crippen LogP) is 3.31. The fourth-order valence-corrected chi connectivity index (χ4v) is 2.20. The zero-order valence-corrected chi connectivity index (χ0v) is 13.9. The Kier molecular flexibility index (Phi) is 5.76. The molecule has 1 heterocycles. The maximum atomic E-state index is 11.8. The zero-order valence-electron chi connectivity index (χ0n) is 13.1. The van der Waals surface area contributed by atoms with Crippen LogP contribution in [0.25, 0.3) is 0 Å². The van der Waals surface area contributed by atoms with Crippen molar-refractivity contribution in [3.63, 3.8) is 0 Å². The monoisotopic (exact) mass is 333 g/mol. The van der Waals surface area contributed by atoms with Crippen molar-refractivity contribution in [3.8, 4) is 0 Å². The molecule has 2 aromatic rings. The Balaban J connectivity index is 2.00.